The fourth-order valence-corrected chi connectivity index (χ4v) is 3.84. The predicted molar refractivity (Wildman–Crippen MR) is 123 cm³/mol. The first-order valence-corrected chi connectivity index (χ1v) is 10.5. The van der Waals surface area contributed by atoms with Gasteiger partial charge in [0.05, 0.1) is 11.8 Å². The Labute approximate surface area is 193 Å². The number of nitrogens with one attached hydrogen (secondary N) is 1. The lowest BCUT2D eigenvalue weighted by molar-refractivity contribution is -0.137. The zero-order valence-electron chi connectivity index (χ0n) is 16.3. The van der Waals surface area contributed by atoms with Crippen molar-refractivity contribution in [1.82, 2.24) is 10.3 Å². The highest BCUT2D eigenvalue weighted by molar-refractivity contribution is 7.80. The van der Waals surface area contributed by atoms with Gasteiger partial charge in [0.25, 0.3) is 0 Å². The van der Waals surface area contributed by atoms with Gasteiger partial charge in [0.2, 0.25) is 0 Å². The maximum atomic E-state index is 13.6. The molecule has 0 spiro atoms. The van der Waals surface area contributed by atoms with E-state index in [1.165, 1.54) is 6.07 Å². The average Bonchev–Trinajstić information content (AvgIpc) is 2.70. The third-order valence-corrected chi connectivity index (χ3v) is 5.55. The fourth-order valence-electron chi connectivity index (χ4n) is 3.32. The van der Waals surface area contributed by atoms with E-state index in [9.17, 15) is 13.2 Å². The zero-order valence-corrected chi connectivity index (χ0v) is 18.6. The van der Waals surface area contributed by atoms with Crippen LogP contribution in [0.25, 0.3) is 0 Å². The Morgan fingerprint density at radius 3 is 2.45 bits per heavy atom. The Morgan fingerprint density at radius 2 is 1.84 bits per heavy atom. The molecule has 0 unspecified atom stereocenters. The Morgan fingerprint density at radius 1 is 1.13 bits per heavy atom. The second kappa shape index (κ2) is 10.0. The summed E-state index contributed by atoms with van der Waals surface area (Å²) in [4.78, 5) is 4.14. The van der Waals surface area contributed by atoms with Crippen LogP contribution in [-0.4, -0.2) is 42.4 Å². The lowest BCUT2D eigenvalue weighted by Gasteiger charge is -2.36. The van der Waals surface area contributed by atoms with Gasteiger partial charge in [0, 0.05) is 54.0 Å². The van der Waals surface area contributed by atoms with E-state index in [1.807, 2.05) is 11.0 Å². The fraction of sp³-hybridized carbons (Fsp3) is 0.300. The predicted octanol–water partition coefficient (Wildman–Crippen LogP) is 4.50. The van der Waals surface area contributed by atoms with Crippen LogP contribution in [0, 0.1) is 0 Å². The number of anilines is 1. The summed E-state index contributed by atoms with van der Waals surface area (Å²) < 4.78 is 40.7. The molecule has 0 aromatic heterocycles. The van der Waals surface area contributed by atoms with Crippen LogP contribution in [0.4, 0.5) is 18.9 Å². The van der Waals surface area contributed by atoms with Crippen LogP contribution in [0.2, 0.25) is 10.0 Å². The minimum Gasteiger partial charge on any atom is -0.375 e. The highest BCUT2D eigenvalue weighted by Crippen LogP contribution is 2.34. The number of piperazine rings is 1. The molecule has 5 nitrogen and oxygen atoms in total. The third-order valence-electron chi connectivity index (χ3n) is 4.87. The van der Waals surface area contributed by atoms with Gasteiger partial charge in [-0.1, -0.05) is 35.3 Å². The molecule has 2 aromatic rings. The lowest BCUT2D eigenvalue weighted by atomic mass is 10.1. The number of rotatable bonds is 5. The Hall–Kier alpha value is -2.07. The molecule has 0 radical (unpaired) electrons. The summed E-state index contributed by atoms with van der Waals surface area (Å²) in [6.45, 7) is 3.24. The molecule has 0 aliphatic carbocycles. The normalized spacial score (nSPS) is 15.5. The maximum absolute atomic E-state index is 13.6. The van der Waals surface area contributed by atoms with Gasteiger partial charge >= 0.3 is 6.18 Å². The molecular formula is C20H20Cl2F3N5S. The van der Waals surface area contributed by atoms with E-state index in [1.54, 1.807) is 18.2 Å². The summed E-state index contributed by atoms with van der Waals surface area (Å²) in [6, 6.07) is 9.58. The highest BCUT2D eigenvalue weighted by Gasteiger charge is 2.34. The van der Waals surface area contributed by atoms with E-state index < -0.39 is 11.7 Å². The number of benzene rings is 2. The van der Waals surface area contributed by atoms with Crippen molar-refractivity contribution in [3.63, 3.8) is 0 Å². The first-order chi connectivity index (χ1) is 14.6. The molecule has 1 aliphatic heterocycles. The first-order valence-electron chi connectivity index (χ1n) is 9.34. The number of nitrogens with zero attached hydrogens (tertiary/aromatic N) is 3. The molecule has 31 heavy (non-hydrogen) atoms. The van der Waals surface area contributed by atoms with Crippen LogP contribution in [0.3, 0.4) is 0 Å². The van der Waals surface area contributed by atoms with Crippen LogP contribution in [0.15, 0.2) is 41.5 Å². The molecule has 1 aliphatic rings. The quantitative estimate of drug-likeness (QED) is 0.367. The van der Waals surface area contributed by atoms with Crippen LogP contribution in [-0.2, 0) is 12.7 Å². The molecular weight excluding hydrogens is 470 g/mol. The molecule has 1 fully saturated rings. The second-order valence-electron chi connectivity index (χ2n) is 7.00. The molecule has 1 saturated heterocycles. The first kappa shape index (κ1) is 23.6. The lowest BCUT2D eigenvalue weighted by Crippen LogP contribution is -2.46. The van der Waals surface area contributed by atoms with Crippen molar-refractivity contribution in [3.8, 4) is 0 Å². The van der Waals surface area contributed by atoms with Gasteiger partial charge in [-0.05, 0) is 42.0 Å². The number of thiocarbonyl (C=S) groups is 1. The SMILES string of the molecule is NC(=S)N/N=C/c1ccc(N2CCN(Cc3ccc(Cl)cc3Cl)CC2)cc1C(F)(F)F. The van der Waals surface area contributed by atoms with E-state index in [0.717, 1.165) is 17.8 Å². The molecule has 11 heteroatoms. The van der Waals surface area contributed by atoms with Crippen molar-refractivity contribution >= 4 is 52.4 Å². The van der Waals surface area contributed by atoms with E-state index in [0.29, 0.717) is 48.5 Å². The maximum Gasteiger partial charge on any atom is 0.417 e. The van der Waals surface area contributed by atoms with Crippen LogP contribution in [0.5, 0.6) is 0 Å². The Kier molecular flexibility index (Phi) is 7.64. The van der Waals surface area contributed by atoms with E-state index >= 15 is 0 Å². The minimum atomic E-state index is -4.52. The van der Waals surface area contributed by atoms with Crippen molar-refractivity contribution in [3.05, 3.63) is 63.1 Å². The van der Waals surface area contributed by atoms with Crippen LogP contribution >= 0.6 is 35.4 Å². The van der Waals surface area contributed by atoms with Crippen molar-refractivity contribution in [1.29, 1.82) is 0 Å². The van der Waals surface area contributed by atoms with Gasteiger partial charge < -0.3 is 10.6 Å². The number of alkyl halides is 3. The van der Waals surface area contributed by atoms with Crippen LogP contribution < -0.4 is 16.1 Å². The number of hydrogen-bond donors (Lipinski definition) is 2. The summed E-state index contributed by atoms with van der Waals surface area (Å²) in [6.07, 6.45) is -3.46. The molecule has 0 atom stereocenters. The summed E-state index contributed by atoms with van der Waals surface area (Å²) in [5.41, 5.74) is 8.13. The molecule has 2 aromatic carbocycles. The number of hydrazone groups is 1. The van der Waals surface area contributed by atoms with Crippen molar-refractivity contribution in [2.24, 2.45) is 10.8 Å². The number of halogens is 5. The van der Waals surface area contributed by atoms with E-state index in [-0.39, 0.29) is 10.7 Å². The number of hydrogen-bond acceptors (Lipinski definition) is 4. The summed E-state index contributed by atoms with van der Waals surface area (Å²) in [7, 11) is 0. The van der Waals surface area contributed by atoms with Crippen molar-refractivity contribution < 1.29 is 13.2 Å². The van der Waals surface area contributed by atoms with Crippen molar-refractivity contribution in [2.45, 2.75) is 12.7 Å². The van der Waals surface area contributed by atoms with Gasteiger partial charge in [0.1, 0.15) is 0 Å². The molecule has 0 saturated carbocycles. The topological polar surface area (TPSA) is 56.9 Å². The van der Waals surface area contributed by atoms with Crippen LogP contribution in [0.1, 0.15) is 16.7 Å². The summed E-state index contributed by atoms with van der Waals surface area (Å²) >= 11 is 16.8. The molecule has 166 valence electrons. The highest BCUT2D eigenvalue weighted by atomic mass is 35.5. The second-order valence-corrected chi connectivity index (χ2v) is 8.29. The summed E-state index contributed by atoms with van der Waals surface area (Å²) in [5, 5.41) is 4.69. The van der Waals surface area contributed by atoms with E-state index in [4.69, 9.17) is 28.9 Å². The van der Waals surface area contributed by atoms with E-state index in [2.05, 4.69) is 27.6 Å². The van der Waals surface area contributed by atoms with Gasteiger partial charge in [-0.3, -0.25) is 10.3 Å². The van der Waals surface area contributed by atoms with Gasteiger partial charge in [-0.2, -0.15) is 18.3 Å². The minimum absolute atomic E-state index is 0.0731. The smallest absolute Gasteiger partial charge is 0.375 e. The Balaban J connectivity index is 1.69. The average molecular weight is 490 g/mol. The van der Waals surface area contributed by atoms with Gasteiger partial charge in [-0.25, -0.2) is 0 Å². The Bertz CT molecular complexity index is 976. The molecule has 3 N–H and O–H groups in total. The number of nitrogens with two attached hydrogens (primary N) is 1. The van der Waals surface area contributed by atoms with Crippen molar-refractivity contribution in [2.75, 3.05) is 31.1 Å². The molecule has 3 rings (SSSR count). The summed E-state index contributed by atoms with van der Waals surface area (Å²) in [5.74, 6) is 0. The molecule has 0 bridgehead atoms. The monoisotopic (exact) mass is 489 g/mol. The molecule has 1 heterocycles. The largest absolute Gasteiger partial charge is 0.417 e. The standard InChI is InChI=1S/C20H20Cl2F3N5S/c21-15-3-1-14(18(22)9-15)12-29-5-7-30(8-6-29)16-4-2-13(11-27-28-19(26)31)17(10-16)20(23,24)25/h1-4,9-11H,5-8,12H2,(H3,26,28,31)/b27-11+. The third kappa shape index (κ3) is 6.46. The van der Waals surface area contributed by atoms with Gasteiger partial charge in [-0.15, -0.1) is 0 Å². The molecule has 0 amide bonds. The van der Waals surface area contributed by atoms with Gasteiger partial charge in [0.15, 0.2) is 5.11 Å². The zero-order chi connectivity index (χ0) is 22.6.